The van der Waals surface area contributed by atoms with E-state index in [0.29, 0.717) is 25.0 Å². The number of benzene rings is 1. The number of rotatable bonds is 4. The number of nitrogens with zero attached hydrogens (tertiary/aromatic N) is 4. The normalized spacial score (nSPS) is 21.3. The molecule has 8 heteroatoms. The van der Waals surface area contributed by atoms with E-state index < -0.39 is 5.91 Å². The third-order valence-electron chi connectivity index (χ3n) is 5.74. The molecule has 1 aliphatic heterocycles. The SMILES string of the molecule is COc1ccc(N2CCn3c2nnc(C(=O)N[C@H]2CCCC[C@H]2C)c3=O)cc1. The number of carbonyl (C=O) groups excluding carboxylic acids is 1. The molecule has 1 amide bonds. The van der Waals surface area contributed by atoms with Gasteiger partial charge in [-0.1, -0.05) is 19.8 Å². The van der Waals surface area contributed by atoms with Gasteiger partial charge in [0.25, 0.3) is 11.5 Å². The van der Waals surface area contributed by atoms with Gasteiger partial charge in [-0.15, -0.1) is 10.2 Å². The summed E-state index contributed by atoms with van der Waals surface area (Å²) < 4.78 is 6.71. The average molecular weight is 383 g/mol. The van der Waals surface area contributed by atoms with Crippen molar-refractivity contribution in [2.45, 2.75) is 45.2 Å². The van der Waals surface area contributed by atoms with Gasteiger partial charge in [0.15, 0.2) is 0 Å². The molecule has 2 aromatic rings. The molecule has 1 aliphatic carbocycles. The van der Waals surface area contributed by atoms with Crippen LogP contribution < -0.4 is 20.5 Å². The van der Waals surface area contributed by atoms with Crippen molar-refractivity contribution in [1.29, 1.82) is 0 Å². The first-order valence-corrected chi connectivity index (χ1v) is 9.78. The van der Waals surface area contributed by atoms with E-state index in [-0.39, 0.29) is 17.3 Å². The minimum atomic E-state index is -0.422. The molecule has 0 saturated heterocycles. The van der Waals surface area contributed by atoms with Crippen LogP contribution in [-0.2, 0) is 6.54 Å². The molecule has 1 fully saturated rings. The Morgan fingerprint density at radius 3 is 2.61 bits per heavy atom. The average Bonchev–Trinajstić information content (AvgIpc) is 3.15. The Morgan fingerprint density at radius 1 is 1.14 bits per heavy atom. The number of ether oxygens (including phenoxy) is 1. The number of methoxy groups -OCH3 is 1. The van der Waals surface area contributed by atoms with E-state index in [4.69, 9.17) is 4.74 Å². The van der Waals surface area contributed by atoms with Gasteiger partial charge >= 0.3 is 0 Å². The highest BCUT2D eigenvalue weighted by atomic mass is 16.5. The van der Waals surface area contributed by atoms with Crippen molar-refractivity contribution >= 4 is 17.5 Å². The number of amides is 1. The van der Waals surface area contributed by atoms with Crippen molar-refractivity contribution in [1.82, 2.24) is 20.1 Å². The van der Waals surface area contributed by atoms with Gasteiger partial charge in [0.2, 0.25) is 11.6 Å². The number of carbonyl (C=O) groups is 1. The Labute approximate surface area is 163 Å². The van der Waals surface area contributed by atoms with E-state index in [0.717, 1.165) is 30.7 Å². The highest BCUT2D eigenvalue weighted by Gasteiger charge is 2.29. The lowest BCUT2D eigenvalue weighted by Gasteiger charge is -2.29. The standard InChI is InChI=1S/C20H25N5O3/c1-13-5-3-4-6-16(13)21-18(26)17-19(27)25-12-11-24(20(25)23-22-17)14-7-9-15(28-2)10-8-14/h7-10,13,16H,3-6,11-12H2,1-2H3,(H,21,26)/t13-,16+/m1/s1. The second kappa shape index (κ2) is 7.61. The van der Waals surface area contributed by atoms with E-state index in [1.54, 1.807) is 7.11 Å². The van der Waals surface area contributed by atoms with Crippen LogP contribution in [0.15, 0.2) is 29.1 Å². The third kappa shape index (κ3) is 3.34. The fourth-order valence-electron chi connectivity index (χ4n) is 4.03. The Hall–Kier alpha value is -2.90. The van der Waals surface area contributed by atoms with Crippen molar-refractivity contribution in [3.05, 3.63) is 40.3 Å². The van der Waals surface area contributed by atoms with Gasteiger partial charge in [-0.3, -0.25) is 14.2 Å². The van der Waals surface area contributed by atoms with Crippen molar-refractivity contribution in [3.63, 3.8) is 0 Å². The summed E-state index contributed by atoms with van der Waals surface area (Å²) in [5.74, 6) is 1.20. The maximum atomic E-state index is 12.9. The lowest BCUT2D eigenvalue weighted by molar-refractivity contribution is 0.0901. The molecule has 2 aliphatic rings. The van der Waals surface area contributed by atoms with E-state index in [1.807, 2.05) is 29.2 Å². The molecular weight excluding hydrogens is 358 g/mol. The predicted octanol–water partition coefficient (Wildman–Crippen LogP) is 2.11. The second-order valence-electron chi connectivity index (χ2n) is 7.50. The maximum absolute atomic E-state index is 12.9. The maximum Gasteiger partial charge on any atom is 0.286 e. The zero-order chi connectivity index (χ0) is 19.7. The summed E-state index contributed by atoms with van der Waals surface area (Å²) in [5.41, 5.74) is 0.383. The van der Waals surface area contributed by atoms with E-state index >= 15 is 0 Å². The van der Waals surface area contributed by atoms with Crippen molar-refractivity contribution < 1.29 is 9.53 Å². The minimum Gasteiger partial charge on any atom is -0.497 e. The lowest BCUT2D eigenvalue weighted by Crippen LogP contribution is -2.44. The molecule has 0 spiro atoms. The fraction of sp³-hybridized carbons (Fsp3) is 0.500. The molecule has 1 aromatic heterocycles. The van der Waals surface area contributed by atoms with Crippen molar-refractivity contribution in [3.8, 4) is 5.75 Å². The van der Waals surface area contributed by atoms with E-state index in [1.165, 1.54) is 11.0 Å². The van der Waals surface area contributed by atoms with E-state index in [9.17, 15) is 9.59 Å². The van der Waals surface area contributed by atoms with Crippen LogP contribution in [0.2, 0.25) is 0 Å². The van der Waals surface area contributed by atoms with Gasteiger partial charge in [-0.2, -0.15) is 0 Å². The van der Waals surface area contributed by atoms with Gasteiger partial charge in [-0.25, -0.2) is 0 Å². The molecule has 0 radical (unpaired) electrons. The Morgan fingerprint density at radius 2 is 1.89 bits per heavy atom. The highest BCUT2D eigenvalue weighted by Crippen LogP contribution is 2.28. The van der Waals surface area contributed by atoms with Crippen LogP contribution in [0.25, 0.3) is 0 Å². The minimum absolute atomic E-state index is 0.0940. The van der Waals surface area contributed by atoms with Gasteiger partial charge in [0, 0.05) is 24.8 Å². The quantitative estimate of drug-likeness (QED) is 0.870. The second-order valence-corrected chi connectivity index (χ2v) is 7.50. The first kappa shape index (κ1) is 18.5. The molecule has 0 bridgehead atoms. The van der Waals surface area contributed by atoms with Crippen molar-refractivity contribution in [2.24, 2.45) is 5.92 Å². The highest BCUT2D eigenvalue weighted by molar-refractivity contribution is 5.92. The van der Waals surface area contributed by atoms with Crippen LogP contribution in [0.4, 0.5) is 11.6 Å². The van der Waals surface area contributed by atoms with Crippen LogP contribution in [-0.4, -0.2) is 40.4 Å². The number of hydrogen-bond acceptors (Lipinski definition) is 6. The summed E-state index contributed by atoms with van der Waals surface area (Å²) in [6.45, 7) is 3.20. The molecule has 2 heterocycles. The zero-order valence-corrected chi connectivity index (χ0v) is 16.2. The Balaban J connectivity index is 1.56. The summed E-state index contributed by atoms with van der Waals surface area (Å²) in [6, 6.07) is 7.63. The van der Waals surface area contributed by atoms with Crippen LogP contribution >= 0.6 is 0 Å². The summed E-state index contributed by atoms with van der Waals surface area (Å²) in [7, 11) is 1.62. The summed E-state index contributed by atoms with van der Waals surface area (Å²) in [5, 5.41) is 11.2. The smallest absolute Gasteiger partial charge is 0.286 e. The first-order valence-electron chi connectivity index (χ1n) is 9.78. The largest absolute Gasteiger partial charge is 0.497 e. The number of fused-ring (bicyclic) bond motifs is 1. The molecule has 1 aromatic carbocycles. The van der Waals surface area contributed by atoms with Gasteiger partial charge in [0.05, 0.1) is 7.11 Å². The Bertz CT molecular complexity index is 924. The molecule has 28 heavy (non-hydrogen) atoms. The van der Waals surface area contributed by atoms with Gasteiger partial charge in [0.1, 0.15) is 5.75 Å². The molecule has 8 nitrogen and oxygen atoms in total. The predicted molar refractivity (Wildman–Crippen MR) is 105 cm³/mol. The number of aromatic nitrogens is 3. The van der Waals surface area contributed by atoms with Gasteiger partial charge in [-0.05, 0) is 43.0 Å². The number of hydrogen-bond donors (Lipinski definition) is 1. The molecule has 2 atom stereocenters. The van der Waals surface area contributed by atoms with Crippen LogP contribution in [0, 0.1) is 5.92 Å². The van der Waals surface area contributed by atoms with Crippen LogP contribution in [0.3, 0.4) is 0 Å². The number of nitrogens with one attached hydrogen (secondary N) is 1. The number of anilines is 2. The first-order chi connectivity index (χ1) is 13.6. The van der Waals surface area contributed by atoms with Crippen molar-refractivity contribution in [2.75, 3.05) is 18.6 Å². The molecule has 148 valence electrons. The van der Waals surface area contributed by atoms with Crippen LogP contribution in [0.5, 0.6) is 5.75 Å². The molecular formula is C20H25N5O3. The zero-order valence-electron chi connectivity index (χ0n) is 16.2. The van der Waals surface area contributed by atoms with Gasteiger partial charge < -0.3 is 15.0 Å². The summed E-state index contributed by atoms with van der Waals surface area (Å²) in [4.78, 5) is 27.4. The summed E-state index contributed by atoms with van der Waals surface area (Å²) in [6.07, 6.45) is 4.32. The Kier molecular flexibility index (Phi) is 5.02. The monoisotopic (exact) mass is 383 g/mol. The fourth-order valence-corrected chi connectivity index (χ4v) is 4.03. The van der Waals surface area contributed by atoms with Crippen LogP contribution in [0.1, 0.15) is 43.1 Å². The summed E-state index contributed by atoms with van der Waals surface area (Å²) >= 11 is 0. The molecule has 1 N–H and O–H groups in total. The third-order valence-corrected chi connectivity index (χ3v) is 5.74. The topological polar surface area (TPSA) is 89.3 Å². The molecule has 1 saturated carbocycles. The van der Waals surface area contributed by atoms with E-state index in [2.05, 4.69) is 22.4 Å². The molecule has 0 unspecified atom stereocenters. The molecule has 4 rings (SSSR count). The lowest BCUT2D eigenvalue weighted by atomic mass is 9.86.